The summed E-state index contributed by atoms with van der Waals surface area (Å²) in [6.45, 7) is 0. The van der Waals surface area contributed by atoms with E-state index in [1.807, 2.05) is 0 Å². The van der Waals surface area contributed by atoms with Crippen LogP contribution in [0.3, 0.4) is 0 Å². The summed E-state index contributed by atoms with van der Waals surface area (Å²) in [6, 6.07) is 9.48. The van der Waals surface area contributed by atoms with E-state index >= 15 is 0 Å². The van der Waals surface area contributed by atoms with Gasteiger partial charge in [-0.15, -0.1) is 0 Å². The van der Waals surface area contributed by atoms with Crippen molar-refractivity contribution in [2.24, 2.45) is 0 Å². The van der Waals surface area contributed by atoms with Crippen molar-refractivity contribution in [1.29, 1.82) is 0 Å². The molecule has 1 amide bonds. The Balaban J connectivity index is 1.73. The fourth-order valence-corrected chi connectivity index (χ4v) is 3.48. The number of nitrogens with one attached hydrogen (secondary N) is 1. The van der Waals surface area contributed by atoms with Crippen LogP contribution in [-0.2, 0) is 11.2 Å². The maximum atomic E-state index is 14.4. The minimum absolute atomic E-state index is 0.0200. The Labute approximate surface area is 184 Å². The van der Waals surface area contributed by atoms with Gasteiger partial charge in [0.25, 0.3) is 0 Å². The highest BCUT2D eigenvalue weighted by atomic mass is 35.5. The second-order valence-corrected chi connectivity index (χ2v) is 7.19. The SMILES string of the molecule is O=C(Cc1c(Cl)cccc1Cl)Nc1onc(-c2ccc(F)cc2F)c1-c1ccncn1. The molecule has 2 aromatic carbocycles. The Morgan fingerprint density at radius 1 is 1.10 bits per heavy atom. The predicted molar refractivity (Wildman–Crippen MR) is 112 cm³/mol. The zero-order valence-corrected chi connectivity index (χ0v) is 17.1. The van der Waals surface area contributed by atoms with Gasteiger partial charge in [-0.3, -0.25) is 10.1 Å². The zero-order valence-electron chi connectivity index (χ0n) is 15.6. The lowest BCUT2D eigenvalue weighted by atomic mass is 10.0. The molecule has 0 saturated carbocycles. The fraction of sp³-hybridized carbons (Fsp3) is 0.0476. The largest absolute Gasteiger partial charge is 0.337 e. The van der Waals surface area contributed by atoms with E-state index < -0.39 is 17.5 Å². The molecule has 1 N–H and O–H groups in total. The smallest absolute Gasteiger partial charge is 0.241 e. The third kappa shape index (κ3) is 4.40. The minimum Gasteiger partial charge on any atom is -0.337 e. The first kappa shape index (κ1) is 20.9. The van der Waals surface area contributed by atoms with Crippen LogP contribution in [0.1, 0.15) is 5.56 Å². The molecule has 0 saturated heterocycles. The molecule has 10 heteroatoms. The maximum Gasteiger partial charge on any atom is 0.241 e. The van der Waals surface area contributed by atoms with E-state index in [0.717, 1.165) is 12.1 Å². The predicted octanol–water partition coefficient (Wildman–Crippen LogP) is 5.56. The van der Waals surface area contributed by atoms with Crippen molar-refractivity contribution in [2.45, 2.75) is 6.42 Å². The van der Waals surface area contributed by atoms with E-state index in [-0.39, 0.29) is 29.1 Å². The number of anilines is 1. The molecule has 0 spiro atoms. The number of carbonyl (C=O) groups excluding carboxylic acids is 1. The fourth-order valence-electron chi connectivity index (χ4n) is 2.95. The second kappa shape index (κ2) is 8.79. The molecule has 31 heavy (non-hydrogen) atoms. The Morgan fingerprint density at radius 2 is 1.87 bits per heavy atom. The molecule has 0 radical (unpaired) electrons. The number of benzene rings is 2. The first-order valence-corrected chi connectivity index (χ1v) is 9.64. The van der Waals surface area contributed by atoms with E-state index in [0.29, 0.717) is 21.3 Å². The van der Waals surface area contributed by atoms with E-state index in [9.17, 15) is 13.6 Å². The van der Waals surface area contributed by atoms with Gasteiger partial charge in [-0.25, -0.2) is 18.7 Å². The van der Waals surface area contributed by atoms with Crippen LogP contribution in [0.15, 0.2) is 59.5 Å². The average molecular weight is 461 g/mol. The number of halogens is 4. The summed E-state index contributed by atoms with van der Waals surface area (Å²) in [6.07, 6.45) is 2.61. The van der Waals surface area contributed by atoms with Crippen LogP contribution >= 0.6 is 23.2 Å². The lowest BCUT2D eigenvalue weighted by molar-refractivity contribution is -0.115. The molecule has 6 nitrogen and oxygen atoms in total. The van der Waals surface area contributed by atoms with Crippen molar-refractivity contribution in [3.05, 3.63) is 82.2 Å². The maximum absolute atomic E-state index is 14.4. The molecule has 2 aromatic heterocycles. The van der Waals surface area contributed by atoms with Gasteiger partial charge in [0.2, 0.25) is 11.8 Å². The molecule has 0 aliphatic rings. The minimum atomic E-state index is -0.843. The van der Waals surface area contributed by atoms with E-state index in [4.69, 9.17) is 27.7 Å². The Kier molecular flexibility index (Phi) is 5.92. The highest BCUT2D eigenvalue weighted by Gasteiger charge is 2.24. The molecular formula is C21H12Cl2F2N4O2. The summed E-state index contributed by atoms with van der Waals surface area (Å²) >= 11 is 12.3. The van der Waals surface area contributed by atoms with E-state index in [1.165, 1.54) is 24.7 Å². The summed E-state index contributed by atoms with van der Waals surface area (Å²) in [5.74, 6) is -2.14. The van der Waals surface area contributed by atoms with Crippen LogP contribution in [0.25, 0.3) is 22.5 Å². The normalized spacial score (nSPS) is 10.8. The number of aromatic nitrogens is 3. The third-order valence-corrected chi connectivity index (χ3v) is 5.08. The monoisotopic (exact) mass is 460 g/mol. The quantitative estimate of drug-likeness (QED) is 0.421. The number of rotatable bonds is 5. The Morgan fingerprint density at radius 3 is 2.55 bits per heavy atom. The molecule has 156 valence electrons. The molecule has 4 aromatic rings. The lowest BCUT2D eigenvalue weighted by Crippen LogP contribution is -2.15. The van der Waals surface area contributed by atoms with Crippen LogP contribution in [0, 0.1) is 11.6 Å². The van der Waals surface area contributed by atoms with Crippen molar-refractivity contribution >= 4 is 35.0 Å². The van der Waals surface area contributed by atoms with Gasteiger partial charge in [-0.2, -0.15) is 0 Å². The molecule has 0 aliphatic carbocycles. The number of hydrogen-bond donors (Lipinski definition) is 1. The molecule has 0 atom stereocenters. The number of hydrogen-bond acceptors (Lipinski definition) is 5. The van der Waals surface area contributed by atoms with Crippen molar-refractivity contribution < 1.29 is 18.1 Å². The number of nitrogens with zero attached hydrogens (tertiary/aromatic N) is 3. The van der Waals surface area contributed by atoms with Gasteiger partial charge in [0.15, 0.2) is 0 Å². The van der Waals surface area contributed by atoms with Gasteiger partial charge in [-0.05, 0) is 35.9 Å². The first-order valence-electron chi connectivity index (χ1n) is 8.88. The zero-order chi connectivity index (χ0) is 22.0. The molecule has 0 bridgehead atoms. The second-order valence-electron chi connectivity index (χ2n) is 6.38. The summed E-state index contributed by atoms with van der Waals surface area (Å²) in [4.78, 5) is 20.6. The first-order chi connectivity index (χ1) is 14.9. The highest BCUT2D eigenvalue weighted by molar-refractivity contribution is 6.36. The molecular weight excluding hydrogens is 449 g/mol. The summed E-state index contributed by atoms with van der Waals surface area (Å²) in [7, 11) is 0. The summed E-state index contributed by atoms with van der Waals surface area (Å²) < 4.78 is 33.1. The van der Waals surface area contributed by atoms with Crippen LogP contribution < -0.4 is 5.32 Å². The van der Waals surface area contributed by atoms with Gasteiger partial charge in [0.1, 0.15) is 23.7 Å². The topological polar surface area (TPSA) is 80.9 Å². The van der Waals surface area contributed by atoms with Gasteiger partial charge in [-0.1, -0.05) is 34.4 Å². The van der Waals surface area contributed by atoms with Gasteiger partial charge in [0.05, 0.1) is 17.7 Å². The molecule has 0 unspecified atom stereocenters. The van der Waals surface area contributed by atoms with E-state index in [2.05, 4.69) is 20.4 Å². The standard InChI is InChI=1S/C21H12Cl2F2N4O2/c22-14-2-1-3-15(23)13(14)9-18(30)28-21-19(17-6-7-26-10-27-17)20(29-31-21)12-5-4-11(24)8-16(12)25/h1-8,10H,9H2,(H,28,30). The molecule has 0 aliphatic heterocycles. The van der Waals surface area contributed by atoms with Crippen LogP contribution in [-0.4, -0.2) is 21.0 Å². The third-order valence-electron chi connectivity index (χ3n) is 4.37. The summed E-state index contributed by atoms with van der Waals surface area (Å²) in [5, 5.41) is 7.15. The van der Waals surface area contributed by atoms with Gasteiger partial charge in [0, 0.05) is 27.9 Å². The summed E-state index contributed by atoms with van der Waals surface area (Å²) in [5.41, 5.74) is 1.000. The van der Waals surface area contributed by atoms with Gasteiger partial charge >= 0.3 is 0 Å². The number of carbonyl (C=O) groups is 1. The van der Waals surface area contributed by atoms with Gasteiger partial charge < -0.3 is 4.52 Å². The highest BCUT2D eigenvalue weighted by Crippen LogP contribution is 2.38. The Bertz CT molecular complexity index is 1250. The lowest BCUT2D eigenvalue weighted by Gasteiger charge is -2.08. The van der Waals surface area contributed by atoms with Crippen LogP contribution in [0.4, 0.5) is 14.7 Å². The van der Waals surface area contributed by atoms with Crippen molar-refractivity contribution in [3.63, 3.8) is 0 Å². The molecule has 2 heterocycles. The molecule has 0 fully saturated rings. The van der Waals surface area contributed by atoms with Crippen LogP contribution in [0.2, 0.25) is 10.0 Å². The van der Waals surface area contributed by atoms with Crippen molar-refractivity contribution in [3.8, 4) is 22.5 Å². The van der Waals surface area contributed by atoms with Crippen molar-refractivity contribution in [1.82, 2.24) is 15.1 Å². The van der Waals surface area contributed by atoms with Crippen molar-refractivity contribution in [2.75, 3.05) is 5.32 Å². The Hall–Kier alpha value is -3.36. The average Bonchev–Trinajstić information content (AvgIpc) is 3.14. The van der Waals surface area contributed by atoms with Crippen LogP contribution in [0.5, 0.6) is 0 Å². The number of amides is 1. The molecule has 4 rings (SSSR count). The van der Waals surface area contributed by atoms with E-state index in [1.54, 1.807) is 18.2 Å².